The monoisotopic (exact) mass is 228 g/mol. The van der Waals surface area contributed by atoms with E-state index < -0.39 is 5.97 Å². The number of carbonyl (C=O) groups excluding carboxylic acids is 1. The van der Waals surface area contributed by atoms with Crippen LogP contribution in [-0.4, -0.2) is 12.6 Å². The first-order chi connectivity index (χ1) is 8.24. The lowest BCUT2D eigenvalue weighted by atomic mass is 9.98. The molecule has 1 aromatic rings. The summed E-state index contributed by atoms with van der Waals surface area (Å²) in [5.74, 6) is -0.447. The van der Waals surface area contributed by atoms with E-state index >= 15 is 0 Å². The average Bonchev–Trinajstić information content (AvgIpc) is 2.36. The van der Waals surface area contributed by atoms with Gasteiger partial charge in [0, 0.05) is 6.42 Å². The molecule has 86 valence electrons. The third kappa shape index (κ3) is 3.06. The maximum Gasteiger partial charge on any atom is 0.338 e. The minimum atomic E-state index is -0.447. The van der Waals surface area contributed by atoms with E-state index in [0.29, 0.717) is 23.1 Å². The molecule has 0 aliphatic heterocycles. The third-order valence-electron chi connectivity index (χ3n) is 2.28. The number of hydrogen-bond acceptors (Lipinski definition) is 4. The van der Waals surface area contributed by atoms with Gasteiger partial charge in [-0.05, 0) is 31.0 Å². The number of carbonyl (C=O) groups is 1. The van der Waals surface area contributed by atoms with Crippen molar-refractivity contribution in [2.45, 2.75) is 19.8 Å². The van der Waals surface area contributed by atoms with Crippen molar-refractivity contribution in [1.29, 1.82) is 10.5 Å². The minimum absolute atomic E-state index is 0.269. The Labute approximate surface area is 100 Å². The Bertz CT molecular complexity index is 495. The normalized spacial score (nSPS) is 9.12. The van der Waals surface area contributed by atoms with Crippen LogP contribution in [0.4, 0.5) is 0 Å². The highest BCUT2D eigenvalue weighted by Crippen LogP contribution is 2.17. The number of benzene rings is 1. The van der Waals surface area contributed by atoms with Crippen LogP contribution in [0.2, 0.25) is 0 Å². The largest absolute Gasteiger partial charge is 0.462 e. The average molecular weight is 228 g/mol. The number of nitriles is 2. The van der Waals surface area contributed by atoms with Crippen molar-refractivity contribution in [1.82, 2.24) is 0 Å². The summed E-state index contributed by atoms with van der Waals surface area (Å²) in [7, 11) is 0. The van der Waals surface area contributed by atoms with Gasteiger partial charge in [0.2, 0.25) is 0 Å². The van der Waals surface area contributed by atoms with E-state index in [1.807, 2.05) is 12.1 Å². The molecule has 0 heterocycles. The highest BCUT2D eigenvalue weighted by Gasteiger charge is 2.15. The fourth-order valence-electron chi connectivity index (χ4n) is 1.54. The van der Waals surface area contributed by atoms with Gasteiger partial charge < -0.3 is 4.74 Å². The summed E-state index contributed by atoms with van der Waals surface area (Å²) in [6.07, 6.45) is 0.652. The molecule has 0 aliphatic carbocycles. The molecule has 0 saturated carbocycles. The second-order valence-electron chi connectivity index (χ2n) is 3.32. The zero-order valence-corrected chi connectivity index (χ0v) is 9.56. The minimum Gasteiger partial charge on any atom is -0.462 e. The molecule has 0 amide bonds. The topological polar surface area (TPSA) is 73.9 Å². The van der Waals surface area contributed by atoms with Crippen LogP contribution in [0.15, 0.2) is 18.2 Å². The highest BCUT2D eigenvalue weighted by molar-refractivity contribution is 5.91. The van der Waals surface area contributed by atoms with Crippen LogP contribution < -0.4 is 0 Å². The molecule has 1 rings (SSSR count). The van der Waals surface area contributed by atoms with E-state index in [4.69, 9.17) is 15.3 Å². The fourth-order valence-corrected chi connectivity index (χ4v) is 1.54. The quantitative estimate of drug-likeness (QED) is 0.740. The predicted molar refractivity (Wildman–Crippen MR) is 61.0 cm³/mol. The van der Waals surface area contributed by atoms with E-state index in [1.165, 1.54) is 0 Å². The Hall–Kier alpha value is -2.33. The van der Waals surface area contributed by atoms with E-state index in [2.05, 4.69) is 0 Å². The molecule has 4 heteroatoms. The molecule has 0 unspecified atom stereocenters. The molecule has 0 aliphatic rings. The van der Waals surface area contributed by atoms with Gasteiger partial charge in [0.15, 0.2) is 0 Å². The van der Waals surface area contributed by atoms with E-state index in [9.17, 15) is 4.79 Å². The van der Waals surface area contributed by atoms with Gasteiger partial charge in [0.05, 0.1) is 29.9 Å². The molecule has 1 aromatic carbocycles. The van der Waals surface area contributed by atoms with Crippen molar-refractivity contribution in [3.05, 3.63) is 34.9 Å². The van der Waals surface area contributed by atoms with Crippen LogP contribution in [0.1, 0.15) is 34.8 Å². The summed E-state index contributed by atoms with van der Waals surface area (Å²) in [6.45, 7) is 2.01. The van der Waals surface area contributed by atoms with Crippen molar-refractivity contribution in [2.24, 2.45) is 0 Å². The second kappa shape index (κ2) is 6.30. The summed E-state index contributed by atoms with van der Waals surface area (Å²) in [6, 6.07) is 8.92. The highest BCUT2D eigenvalue weighted by atomic mass is 16.5. The number of nitrogens with zero attached hydrogens (tertiary/aromatic N) is 2. The van der Waals surface area contributed by atoms with Crippen LogP contribution in [0.3, 0.4) is 0 Å². The Morgan fingerprint density at radius 1 is 1.41 bits per heavy atom. The standard InChI is InChI=1S/C13H12N2O2/c1-2-17-13(16)12-6-3-5-10(9-15)11(12)7-4-8-14/h3,5-6H,2,4,7H2,1H3. The predicted octanol–water partition coefficient (Wildman–Crippen LogP) is 2.19. The lowest BCUT2D eigenvalue weighted by Gasteiger charge is -2.08. The van der Waals surface area contributed by atoms with Crippen molar-refractivity contribution in [3.63, 3.8) is 0 Å². The second-order valence-corrected chi connectivity index (χ2v) is 3.32. The van der Waals surface area contributed by atoms with Gasteiger partial charge in [0.1, 0.15) is 0 Å². The molecule has 0 radical (unpaired) electrons. The van der Waals surface area contributed by atoms with Gasteiger partial charge in [-0.1, -0.05) is 6.07 Å². The Morgan fingerprint density at radius 3 is 2.76 bits per heavy atom. The summed E-state index contributed by atoms with van der Waals surface area (Å²) < 4.78 is 4.92. The maximum absolute atomic E-state index is 11.7. The summed E-state index contributed by atoms with van der Waals surface area (Å²) in [5, 5.41) is 17.5. The zero-order chi connectivity index (χ0) is 12.7. The van der Waals surface area contributed by atoms with Crippen molar-refractivity contribution >= 4 is 5.97 Å². The van der Waals surface area contributed by atoms with Crippen molar-refractivity contribution < 1.29 is 9.53 Å². The maximum atomic E-state index is 11.7. The molecule has 0 aromatic heterocycles. The van der Waals surface area contributed by atoms with Crippen LogP contribution in [-0.2, 0) is 11.2 Å². The van der Waals surface area contributed by atoms with Crippen LogP contribution in [0, 0.1) is 22.7 Å². The molecular formula is C13H12N2O2. The first kappa shape index (κ1) is 12.7. The van der Waals surface area contributed by atoms with Crippen molar-refractivity contribution in [2.75, 3.05) is 6.61 Å². The molecule has 0 saturated heterocycles. The lowest BCUT2D eigenvalue weighted by Crippen LogP contribution is -2.09. The summed E-state index contributed by atoms with van der Waals surface area (Å²) in [4.78, 5) is 11.7. The number of esters is 1. The van der Waals surface area contributed by atoms with Crippen LogP contribution >= 0.6 is 0 Å². The van der Waals surface area contributed by atoms with Crippen molar-refractivity contribution in [3.8, 4) is 12.1 Å². The Balaban J connectivity index is 3.16. The molecule has 4 nitrogen and oxygen atoms in total. The van der Waals surface area contributed by atoms with Crippen LogP contribution in [0.5, 0.6) is 0 Å². The van der Waals surface area contributed by atoms with Gasteiger partial charge in [-0.2, -0.15) is 10.5 Å². The first-order valence-electron chi connectivity index (χ1n) is 5.30. The SMILES string of the molecule is CCOC(=O)c1cccc(C#N)c1CCC#N. The Morgan fingerprint density at radius 2 is 2.18 bits per heavy atom. The lowest BCUT2D eigenvalue weighted by molar-refractivity contribution is 0.0525. The molecule has 0 atom stereocenters. The van der Waals surface area contributed by atoms with Gasteiger partial charge >= 0.3 is 5.97 Å². The fraction of sp³-hybridized carbons (Fsp3) is 0.308. The van der Waals surface area contributed by atoms with Gasteiger partial charge in [-0.25, -0.2) is 4.79 Å². The summed E-state index contributed by atoms with van der Waals surface area (Å²) in [5.41, 5.74) is 1.39. The van der Waals surface area contributed by atoms with Gasteiger partial charge in [0.25, 0.3) is 0 Å². The third-order valence-corrected chi connectivity index (χ3v) is 2.28. The molecule has 0 spiro atoms. The van der Waals surface area contributed by atoms with E-state index in [0.717, 1.165) is 0 Å². The first-order valence-corrected chi connectivity index (χ1v) is 5.30. The van der Waals surface area contributed by atoms with E-state index in [-0.39, 0.29) is 13.0 Å². The van der Waals surface area contributed by atoms with Gasteiger partial charge in [-0.3, -0.25) is 0 Å². The molecule has 0 bridgehead atoms. The zero-order valence-electron chi connectivity index (χ0n) is 9.56. The molecule has 0 N–H and O–H groups in total. The molecule has 17 heavy (non-hydrogen) atoms. The smallest absolute Gasteiger partial charge is 0.338 e. The number of hydrogen-bond donors (Lipinski definition) is 0. The summed E-state index contributed by atoms with van der Waals surface area (Å²) >= 11 is 0. The van der Waals surface area contributed by atoms with Crippen LogP contribution in [0.25, 0.3) is 0 Å². The Kier molecular flexibility index (Phi) is 4.72. The van der Waals surface area contributed by atoms with Gasteiger partial charge in [-0.15, -0.1) is 0 Å². The number of rotatable bonds is 4. The number of ether oxygens (including phenoxy) is 1. The molecular weight excluding hydrogens is 216 g/mol. The molecule has 0 fully saturated rings. The van der Waals surface area contributed by atoms with E-state index in [1.54, 1.807) is 25.1 Å².